The van der Waals surface area contributed by atoms with Crippen molar-refractivity contribution in [2.24, 2.45) is 5.92 Å². The Morgan fingerprint density at radius 3 is 0.963 bits per heavy atom. The molecule has 0 amide bonds. The Balaban J connectivity index is 4.32. The van der Waals surface area contributed by atoms with Crippen molar-refractivity contribution < 1.29 is 28.6 Å². The second-order valence-corrected chi connectivity index (χ2v) is 16.6. The van der Waals surface area contributed by atoms with E-state index in [4.69, 9.17) is 14.2 Å². The Hall–Kier alpha value is -1.59. The molecule has 6 nitrogen and oxygen atoms in total. The van der Waals surface area contributed by atoms with E-state index in [1.807, 2.05) is 0 Å². The first-order valence-electron chi connectivity index (χ1n) is 23.9. The largest absolute Gasteiger partial charge is 0.462 e. The molecule has 0 aromatic carbocycles. The number of unbranched alkanes of at least 4 members (excludes halogenated alkanes) is 29. The minimum absolute atomic E-state index is 0.0641. The highest BCUT2D eigenvalue weighted by Crippen LogP contribution is 2.17. The molecule has 0 aromatic heterocycles. The monoisotopic (exact) mass is 765 g/mol. The van der Waals surface area contributed by atoms with Crippen molar-refractivity contribution in [3.8, 4) is 0 Å². The van der Waals surface area contributed by atoms with Crippen LogP contribution in [-0.2, 0) is 28.6 Å². The zero-order valence-corrected chi connectivity index (χ0v) is 36.7. The molecular formula is C48H92O6. The van der Waals surface area contributed by atoms with Crippen LogP contribution in [0.15, 0.2) is 0 Å². The molecule has 0 aliphatic rings. The number of carbonyl (C=O) groups excluding carboxylic acids is 3. The zero-order chi connectivity index (χ0) is 39.6. The molecule has 0 saturated heterocycles. The van der Waals surface area contributed by atoms with Crippen LogP contribution in [0.2, 0.25) is 0 Å². The van der Waals surface area contributed by atoms with Gasteiger partial charge in [0, 0.05) is 19.3 Å². The van der Waals surface area contributed by atoms with Crippen molar-refractivity contribution in [3.05, 3.63) is 0 Å². The fraction of sp³-hybridized carbons (Fsp3) is 0.938. The predicted molar refractivity (Wildman–Crippen MR) is 229 cm³/mol. The summed E-state index contributed by atoms with van der Waals surface area (Å²) < 4.78 is 16.7. The van der Waals surface area contributed by atoms with Crippen LogP contribution in [0.5, 0.6) is 0 Å². The lowest BCUT2D eigenvalue weighted by atomic mass is 10.00. The molecule has 0 bridgehead atoms. The second-order valence-electron chi connectivity index (χ2n) is 16.6. The van der Waals surface area contributed by atoms with Crippen molar-refractivity contribution in [2.75, 3.05) is 13.2 Å². The Morgan fingerprint density at radius 2 is 0.648 bits per heavy atom. The van der Waals surface area contributed by atoms with Crippen LogP contribution in [0.25, 0.3) is 0 Å². The van der Waals surface area contributed by atoms with Crippen LogP contribution in [0.4, 0.5) is 0 Å². The summed E-state index contributed by atoms with van der Waals surface area (Å²) in [5.41, 5.74) is 0. The van der Waals surface area contributed by atoms with Gasteiger partial charge in [-0.25, -0.2) is 0 Å². The second kappa shape index (κ2) is 42.6. The minimum Gasteiger partial charge on any atom is -0.462 e. The van der Waals surface area contributed by atoms with Crippen LogP contribution >= 0.6 is 0 Å². The molecule has 0 saturated carbocycles. The van der Waals surface area contributed by atoms with Gasteiger partial charge in [-0.15, -0.1) is 0 Å². The van der Waals surface area contributed by atoms with Crippen molar-refractivity contribution in [1.82, 2.24) is 0 Å². The third-order valence-electron chi connectivity index (χ3n) is 11.2. The molecule has 0 N–H and O–H groups in total. The fourth-order valence-electron chi connectivity index (χ4n) is 7.12. The molecule has 0 heterocycles. The van der Waals surface area contributed by atoms with Crippen LogP contribution in [0.1, 0.15) is 265 Å². The topological polar surface area (TPSA) is 78.9 Å². The lowest BCUT2D eigenvalue weighted by Crippen LogP contribution is -2.30. The summed E-state index contributed by atoms with van der Waals surface area (Å²) in [6, 6.07) is 0. The Labute approximate surface area is 336 Å². The van der Waals surface area contributed by atoms with Gasteiger partial charge in [-0.2, -0.15) is 0 Å². The quantitative estimate of drug-likeness (QED) is 0.0349. The average molecular weight is 765 g/mol. The number of hydrogen-bond donors (Lipinski definition) is 0. The maximum absolute atomic E-state index is 12.7. The summed E-state index contributed by atoms with van der Waals surface area (Å²) in [5.74, 6) is -0.0393. The summed E-state index contributed by atoms with van der Waals surface area (Å²) in [5, 5.41) is 0. The van der Waals surface area contributed by atoms with E-state index in [1.54, 1.807) is 0 Å². The number of rotatable bonds is 43. The van der Waals surface area contributed by atoms with Crippen molar-refractivity contribution in [3.63, 3.8) is 0 Å². The molecule has 6 heteroatoms. The number of carbonyl (C=O) groups is 3. The minimum atomic E-state index is -0.760. The Kier molecular flexibility index (Phi) is 41.3. The SMILES string of the molecule is CCCCCCCCCCCCCCCCCC(=O)O[C@H](COC(=O)CCCCCCCCCCCCC)COC(=O)CCCCCCCCC(C)CC. The number of ether oxygens (including phenoxy) is 3. The lowest BCUT2D eigenvalue weighted by Gasteiger charge is -2.18. The van der Waals surface area contributed by atoms with Gasteiger partial charge >= 0.3 is 17.9 Å². The highest BCUT2D eigenvalue weighted by Gasteiger charge is 2.19. The van der Waals surface area contributed by atoms with Gasteiger partial charge in [0.15, 0.2) is 6.10 Å². The first-order chi connectivity index (χ1) is 26.4. The summed E-state index contributed by atoms with van der Waals surface area (Å²) in [6.45, 7) is 8.97. The van der Waals surface area contributed by atoms with Crippen molar-refractivity contribution in [1.29, 1.82) is 0 Å². The summed E-state index contributed by atoms with van der Waals surface area (Å²) >= 11 is 0. The normalized spacial score (nSPS) is 12.4. The summed E-state index contributed by atoms with van der Waals surface area (Å²) in [4.78, 5) is 37.7. The molecule has 0 radical (unpaired) electrons. The van der Waals surface area contributed by atoms with Gasteiger partial charge in [-0.3, -0.25) is 14.4 Å². The maximum Gasteiger partial charge on any atom is 0.306 e. The molecule has 0 aliphatic carbocycles. The van der Waals surface area contributed by atoms with Crippen LogP contribution in [0, 0.1) is 5.92 Å². The van der Waals surface area contributed by atoms with E-state index >= 15 is 0 Å². The molecule has 320 valence electrons. The molecule has 0 aromatic rings. The molecule has 0 spiro atoms. The van der Waals surface area contributed by atoms with Crippen molar-refractivity contribution in [2.45, 2.75) is 271 Å². The molecule has 0 rings (SSSR count). The molecule has 2 atom stereocenters. The Morgan fingerprint density at radius 1 is 0.370 bits per heavy atom. The van der Waals surface area contributed by atoms with E-state index in [1.165, 1.54) is 161 Å². The maximum atomic E-state index is 12.7. The van der Waals surface area contributed by atoms with E-state index in [2.05, 4.69) is 27.7 Å². The van der Waals surface area contributed by atoms with E-state index in [-0.39, 0.29) is 31.1 Å². The number of esters is 3. The molecule has 1 unspecified atom stereocenters. The van der Waals surface area contributed by atoms with Gasteiger partial charge in [0.25, 0.3) is 0 Å². The van der Waals surface area contributed by atoms with Crippen LogP contribution < -0.4 is 0 Å². The van der Waals surface area contributed by atoms with E-state index < -0.39 is 6.10 Å². The van der Waals surface area contributed by atoms with Crippen molar-refractivity contribution >= 4 is 17.9 Å². The molecule has 54 heavy (non-hydrogen) atoms. The van der Waals surface area contributed by atoms with Gasteiger partial charge in [-0.1, -0.05) is 227 Å². The molecule has 0 fully saturated rings. The van der Waals surface area contributed by atoms with Crippen LogP contribution in [-0.4, -0.2) is 37.2 Å². The van der Waals surface area contributed by atoms with Crippen LogP contribution in [0.3, 0.4) is 0 Å². The highest BCUT2D eigenvalue weighted by atomic mass is 16.6. The van der Waals surface area contributed by atoms with Gasteiger partial charge in [0.2, 0.25) is 0 Å². The summed E-state index contributed by atoms with van der Waals surface area (Å²) in [6.07, 6.45) is 42.3. The van der Waals surface area contributed by atoms with Gasteiger partial charge in [0.05, 0.1) is 0 Å². The fourth-order valence-corrected chi connectivity index (χ4v) is 7.12. The average Bonchev–Trinajstić information content (AvgIpc) is 3.17. The van der Waals surface area contributed by atoms with E-state index in [0.717, 1.165) is 63.7 Å². The first kappa shape index (κ1) is 52.4. The van der Waals surface area contributed by atoms with E-state index in [0.29, 0.717) is 19.3 Å². The zero-order valence-electron chi connectivity index (χ0n) is 36.7. The number of hydrogen-bond acceptors (Lipinski definition) is 6. The molecular weight excluding hydrogens is 673 g/mol. The third kappa shape index (κ3) is 40.1. The summed E-state index contributed by atoms with van der Waals surface area (Å²) in [7, 11) is 0. The van der Waals surface area contributed by atoms with E-state index in [9.17, 15) is 14.4 Å². The lowest BCUT2D eigenvalue weighted by molar-refractivity contribution is -0.167. The van der Waals surface area contributed by atoms with Gasteiger partial charge < -0.3 is 14.2 Å². The van der Waals surface area contributed by atoms with Gasteiger partial charge in [0.1, 0.15) is 13.2 Å². The third-order valence-corrected chi connectivity index (χ3v) is 11.2. The standard InChI is InChI=1S/C48H92O6/c1-5-8-10-12-14-16-18-19-20-21-23-25-27-33-37-41-48(51)54-45(43-53-47(50)40-36-32-29-28-30-34-38-44(4)7-3)42-52-46(49)39-35-31-26-24-22-17-15-13-11-9-6-2/h44-45H,5-43H2,1-4H3/t44?,45-/m1/s1. The first-order valence-corrected chi connectivity index (χ1v) is 23.9. The molecule has 0 aliphatic heterocycles. The van der Waals surface area contributed by atoms with Gasteiger partial charge in [-0.05, 0) is 25.2 Å². The smallest absolute Gasteiger partial charge is 0.306 e. The Bertz CT molecular complexity index is 813. The predicted octanol–water partition coefficient (Wildman–Crippen LogP) is 15.1. The highest BCUT2D eigenvalue weighted by molar-refractivity contribution is 5.71.